The number of imidazole rings is 1. The molecule has 1 aromatic carbocycles. The summed E-state index contributed by atoms with van der Waals surface area (Å²) in [6.07, 6.45) is 6.52. The molecule has 23 heavy (non-hydrogen) atoms. The number of benzene rings is 1. The van der Waals surface area contributed by atoms with Crippen molar-refractivity contribution in [3.05, 3.63) is 54.5 Å². The number of hydrogen-bond acceptors (Lipinski definition) is 5. The molecule has 3 rings (SSSR count). The molecule has 7 heteroatoms. The molecule has 0 fully saturated rings. The summed E-state index contributed by atoms with van der Waals surface area (Å²) >= 11 is 1.33. The Morgan fingerprint density at radius 1 is 1.35 bits per heavy atom. The standard InChI is InChI=1S/C16H14N4O2S/c21-15(20-17-9-3-5-12-6-4-10-22-12)11-23-16-18-13-7-1-2-8-14(13)19-16/h1-10H,11H2,(H,18,19)(H,20,21)/b5-3-,17-9-. The van der Waals surface area contributed by atoms with E-state index in [1.807, 2.05) is 30.3 Å². The number of amides is 1. The minimum absolute atomic E-state index is 0.196. The van der Waals surface area contributed by atoms with Gasteiger partial charge in [0.2, 0.25) is 0 Å². The number of H-pyrrole nitrogens is 1. The van der Waals surface area contributed by atoms with Crippen molar-refractivity contribution in [2.45, 2.75) is 5.16 Å². The van der Waals surface area contributed by atoms with Crippen LogP contribution in [0.3, 0.4) is 0 Å². The van der Waals surface area contributed by atoms with Crippen LogP contribution in [-0.2, 0) is 4.79 Å². The van der Waals surface area contributed by atoms with E-state index in [0.717, 1.165) is 16.8 Å². The van der Waals surface area contributed by atoms with Crippen LogP contribution in [0.25, 0.3) is 17.1 Å². The number of allylic oxidation sites excluding steroid dienone is 1. The molecule has 0 atom stereocenters. The second kappa shape index (κ2) is 7.46. The molecular formula is C16H14N4O2S. The Labute approximate surface area is 136 Å². The topological polar surface area (TPSA) is 83.3 Å². The molecule has 0 unspecified atom stereocenters. The maximum absolute atomic E-state index is 11.7. The minimum atomic E-state index is -0.196. The number of fused-ring (bicyclic) bond motifs is 1. The maximum Gasteiger partial charge on any atom is 0.250 e. The summed E-state index contributed by atoms with van der Waals surface area (Å²) < 4.78 is 5.12. The molecule has 6 nitrogen and oxygen atoms in total. The molecule has 0 aliphatic carbocycles. The fourth-order valence-electron chi connectivity index (χ4n) is 1.84. The number of carbonyl (C=O) groups excluding carboxylic acids is 1. The normalized spacial score (nSPS) is 11.7. The van der Waals surface area contributed by atoms with E-state index in [4.69, 9.17) is 4.42 Å². The molecular weight excluding hydrogens is 312 g/mol. The van der Waals surface area contributed by atoms with Gasteiger partial charge in [0.15, 0.2) is 5.16 Å². The third-order valence-electron chi connectivity index (χ3n) is 2.86. The summed E-state index contributed by atoms with van der Waals surface area (Å²) in [7, 11) is 0. The number of para-hydroxylation sites is 2. The van der Waals surface area contributed by atoms with Gasteiger partial charge in [0, 0.05) is 6.21 Å². The van der Waals surface area contributed by atoms with Crippen molar-refractivity contribution in [3.63, 3.8) is 0 Å². The van der Waals surface area contributed by atoms with Crippen molar-refractivity contribution >= 4 is 41.0 Å². The Bertz CT molecular complexity index is 804. The highest BCUT2D eigenvalue weighted by atomic mass is 32.2. The summed E-state index contributed by atoms with van der Waals surface area (Å²) in [6, 6.07) is 11.4. The lowest BCUT2D eigenvalue weighted by atomic mass is 10.3. The molecule has 2 heterocycles. The number of hydrogen-bond donors (Lipinski definition) is 2. The second-order valence-electron chi connectivity index (χ2n) is 4.54. The van der Waals surface area contributed by atoms with Crippen LogP contribution in [0.4, 0.5) is 0 Å². The van der Waals surface area contributed by atoms with Gasteiger partial charge in [-0.2, -0.15) is 5.10 Å². The molecule has 0 radical (unpaired) electrons. The largest absolute Gasteiger partial charge is 0.465 e. The van der Waals surface area contributed by atoms with Gasteiger partial charge < -0.3 is 9.40 Å². The maximum atomic E-state index is 11.7. The van der Waals surface area contributed by atoms with E-state index in [1.54, 1.807) is 24.5 Å². The Balaban J connectivity index is 1.44. The van der Waals surface area contributed by atoms with Gasteiger partial charge in [-0.3, -0.25) is 4.79 Å². The van der Waals surface area contributed by atoms with Crippen molar-refractivity contribution in [1.29, 1.82) is 0 Å². The van der Waals surface area contributed by atoms with Crippen LogP contribution in [0.2, 0.25) is 0 Å². The van der Waals surface area contributed by atoms with E-state index in [-0.39, 0.29) is 11.7 Å². The lowest BCUT2D eigenvalue weighted by Crippen LogP contribution is -2.19. The summed E-state index contributed by atoms with van der Waals surface area (Å²) in [5.41, 5.74) is 4.29. The third-order valence-corrected chi connectivity index (χ3v) is 3.73. The van der Waals surface area contributed by atoms with Gasteiger partial charge in [-0.05, 0) is 36.4 Å². The van der Waals surface area contributed by atoms with E-state index in [9.17, 15) is 4.79 Å². The zero-order valence-corrected chi connectivity index (χ0v) is 12.9. The quantitative estimate of drug-likeness (QED) is 0.414. The fourth-order valence-corrected chi connectivity index (χ4v) is 2.52. The first-order valence-corrected chi connectivity index (χ1v) is 7.89. The summed E-state index contributed by atoms with van der Waals surface area (Å²) in [5.74, 6) is 0.764. The Morgan fingerprint density at radius 2 is 2.26 bits per heavy atom. The number of rotatable bonds is 6. The van der Waals surface area contributed by atoms with Gasteiger partial charge in [0.05, 0.1) is 23.0 Å². The number of nitrogens with zero attached hydrogens (tertiary/aromatic N) is 2. The minimum Gasteiger partial charge on any atom is -0.465 e. The molecule has 0 aliphatic rings. The third kappa shape index (κ3) is 4.33. The van der Waals surface area contributed by atoms with E-state index >= 15 is 0 Å². The Kier molecular flexibility index (Phi) is 4.90. The van der Waals surface area contributed by atoms with Gasteiger partial charge in [-0.1, -0.05) is 23.9 Å². The van der Waals surface area contributed by atoms with E-state index in [2.05, 4.69) is 20.5 Å². The zero-order valence-electron chi connectivity index (χ0n) is 12.1. The number of furan rings is 1. The van der Waals surface area contributed by atoms with Crippen molar-refractivity contribution in [1.82, 2.24) is 15.4 Å². The molecule has 0 aliphatic heterocycles. The van der Waals surface area contributed by atoms with Crippen LogP contribution in [-0.4, -0.2) is 27.8 Å². The average Bonchev–Trinajstić information content (AvgIpc) is 3.21. The van der Waals surface area contributed by atoms with Gasteiger partial charge in [0.25, 0.3) is 5.91 Å². The lowest BCUT2D eigenvalue weighted by molar-refractivity contribution is -0.118. The Morgan fingerprint density at radius 3 is 3.09 bits per heavy atom. The molecule has 3 aromatic rings. The van der Waals surface area contributed by atoms with Gasteiger partial charge >= 0.3 is 0 Å². The first kappa shape index (κ1) is 15.1. The number of nitrogens with one attached hydrogen (secondary N) is 2. The molecule has 0 spiro atoms. The highest BCUT2D eigenvalue weighted by Gasteiger charge is 2.05. The fraction of sp³-hybridized carbons (Fsp3) is 0.0625. The zero-order chi connectivity index (χ0) is 15.9. The summed E-state index contributed by atoms with van der Waals surface area (Å²) in [5, 5.41) is 4.54. The predicted molar refractivity (Wildman–Crippen MR) is 91.2 cm³/mol. The van der Waals surface area contributed by atoms with Gasteiger partial charge in [-0.25, -0.2) is 10.4 Å². The summed E-state index contributed by atoms with van der Waals surface area (Å²) in [6.45, 7) is 0. The number of aromatic nitrogens is 2. The van der Waals surface area contributed by atoms with Crippen molar-refractivity contribution in [2.75, 3.05) is 5.75 Å². The second-order valence-corrected chi connectivity index (χ2v) is 5.50. The molecule has 2 aromatic heterocycles. The highest BCUT2D eigenvalue weighted by Crippen LogP contribution is 2.18. The van der Waals surface area contributed by atoms with Gasteiger partial charge in [-0.15, -0.1) is 0 Å². The van der Waals surface area contributed by atoms with E-state index in [0.29, 0.717) is 5.16 Å². The molecule has 0 bridgehead atoms. The number of aromatic amines is 1. The first-order chi connectivity index (χ1) is 11.3. The molecule has 0 saturated carbocycles. The Hall–Kier alpha value is -2.80. The van der Waals surface area contributed by atoms with Crippen molar-refractivity contribution in [2.24, 2.45) is 5.10 Å². The van der Waals surface area contributed by atoms with Crippen molar-refractivity contribution < 1.29 is 9.21 Å². The molecule has 1 amide bonds. The van der Waals surface area contributed by atoms with Crippen LogP contribution >= 0.6 is 11.8 Å². The van der Waals surface area contributed by atoms with Crippen LogP contribution in [0.5, 0.6) is 0 Å². The van der Waals surface area contributed by atoms with Gasteiger partial charge in [0.1, 0.15) is 5.76 Å². The highest BCUT2D eigenvalue weighted by molar-refractivity contribution is 7.99. The molecule has 116 valence electrons. The van der Waals surface area contributed by atoms with Crippen LogP contribution < -0.4 is 5.43 Å². The van der Waals surface area contributed by atoms with Crippen molar-refractivity contribution in [3.8, 4) is 0 Å². The van der Waals surface area contributed by atoms with E-state index in [1.165, 1.54) is 18.0 Å². The van der Waals surface area contributed by atoms with Crippen LogP contribution in [0, 0.1) is 0 Å². The average molecular weight is 326 g/mol. The molecule has 2 N–H and O–H groups in total. The summed E-state index contributed by atoms with van der Waals surface area (Å²) in [4.78, 5) is 19.2. The first-order valence-electron chi connectivity index (χ1n) is 6.91. The lowest BCUT2D eigenvalue weighted by Gasteiger charge is -1.96. The number of hydrazone groups is 1. The number of thioether (sulfide) groups is 1. The number of carbonyl (C=O) groups is 1. The van der Waals surface area contributed by atoms with E-state index < -0.39 is 0 Å². The smallest absolute Gasteiger partial charge is 0.250 e. The van der Waals surface area contributed by atoms with Crippen LogP contribution in [0.15, 0.2) is 63.4 Å². The predicted octanol–water partition coefficient (Wildman–Crippen LogP) is 3.06. The SMILES string of the molecule is O=C(CSc1nc2ccccc2[nH]1)N/N=C\C=C/c1ccco1. The van der Waals surface area contributed by atoms with Crippen LogP contribution in [0.1, 0.15) is 5.76 Å². The molecule has 0 saturated heterocycles. The monoisotopic (exact) mass is 326 g/mol.